The highest BCUT2D eigenvalue weighted by molar-refractivity contribution is 5.92. The molecule has 6 heteroatoms. The Morgan fingerprint density at radius 3 is 2.77 bits per heavy atom. The standard InChI is InChI=1S/C20H25N5O/c1-4-14(3)20(26)24-16-9-13(2)11-25(12-16)17-6-5-15(10-21)18-19(17)23-8-7-22-18/h5-8,13-14,16H,4,9,11-12H2,1-3H3,(H,24,26)/t13-,14-,16+/m0/s1. The van der Waals surface area contributed by atoms with Gasteiger partial charge in [0.15, 0.2) is 0 Å². The lowest BCUT2D eigenvalue weighted by atomic mass is 9.94. The molecule has 136 valence electrons. The van der Waals surface area contributed by atoms with Gasteiger partial charge in [0.2, 0.25) is 5.91 Å². The molecule has 1 N–H and O–H groups in total. The highest BCUT2D eigenvalue weighted by Crippen LogP contribution is 2.30. The van der Waals surface area contributed by atoms with E-state index in [2.05, 4.69) is 33.2 Å². The fourth-order valence-corrected chi connectivity index (χ4v) is 3.57. The fourth-order valence-electron chi connectivity index (χ4n) is 3.57. The molecule has 3 atom stereocenters. The number of fused-ring (bicyclic) bond motifs is 1. The molecule has 0 saturated carbocycles. The molecule has 1 amide bonds. The summed E-state index contributed by atoms with van der Waals surface area (Å²) in [6.07, 6.45) is 5.08. The minimum absolute atomic E-state index is 0.0299. The maximum absolute atomic E-state index is 12.3. The van der Waals surface area contributed by atoms with E-state index in [-0.39, 0.29) is 17.9 Å². The summed E-state index contributed by atoms with van der Waals surface area (Å²) in [5.74, 6) is 0.603. The van der Waals surface area contributed by atoms with Crippen molar-refractivity contribution in [1.29, 1.82) is 5.26 Å². The fraction of sp³-hybridized carbons (Fsp3) is 0.500. The van der Waals surface area contributed by atoms with Crippen LogP contribution in [-0.4, -0.2) is 35.0 Å². The summed E-state index contributed by atoms with van der Waals surface area (Å²) < 4.78 is 0. The largest absolute Gasteiger partial charge is 0.367 e. The van der Waals surface area contributed by atoms with Gasteiger partial charge in [-0.1, -0.05) is 20.8 Å². The number of piperidine rings is 1. The molecule has 0 aliphatic carbocycles. The first-order valence-corrected chi connectivity index (χ1v) is 9.22. The molecule has 1 aliphatic rings. The van der Waals surface area contributed by atoms with Gasteiger partial charge < -0.3 is 10.2 Å². The van der Waals surface area contributed by atoms with Crippen molar-refractivity contribution in [3.8, 4) is 6.07 Å². The Hall–Kier alpha value is -2.68. The monoisotopic (exact) mass is 351 g/mol. The third-order valence-corrected chi connectivity index (χ3v) is 5.13. The number of nitrogens with zero attached hydrogens (tertiary/aromatic N) is 4. The molecule has 6 nitrogen and oxygen atoms in total. The second-order valence-corrected chi connectivity index (χ2v) is 7.26. The smallest absolute Gasteiger partial charge is 0.223 e. The van der Waals surface area contributed by atoms with E-state index in [1.54, 1.807) is 18.5 Å². The number of carbonyl (C=O) groups is 1. The third kappa shape index (κ3) is 3.62. The number of amides is 1. The molecule has 1 aromatic heterocycles. The summed E-state index contributed by atoms with van der Waals surface area (Å²) in [5.41, 5.74) is 2.88. The van der Waals surface area contributed by atoms with E-state index in [4.69, 9.17) is 0 Å². The van der Waals surface area contributed by atoms with Crippen LogP contribution in [0.5, 0.6) is 0 Å². The van der Waals surface area contributed by atoms with E-state index in [9.17, 15) is 10.1 Å². The molecule has 1 aliphatic heterocycles. The molecule has 1 fully saturated rings. The van der Waals surface area contributed by atoms with Crippen molar-refractivity contribution in [3.63, 3.8) is 0 Å². The summed E-state index contributed by atoms with van der Waals surface area (Å²) >= 11 is 0. The summed E-state index contributed by atoms with van der Waals surface area (Å²) in [6.45, 7) is 7.83. The number of benzene rings is 1. The zero-order chi connectivity index (χ0) is 18.7. The van der Waals surface area contributed by atoms with Gasteiger partial charge >= 0.3 is 0 Å². The quantitative estimate of drug-likeness (QED) is 0.916. The van der Waals surface area contributed by atoms with Crippen LogP contribution >= 0.6 is 0 Å². The number of anilines is 1. The van der Waals surface area contributed by atoms with Gasteiger partial charge in [-0.25, -0.2) is 0 Å². The van der Waals surface area contributed by atoms with Crippen LogP contribution in [0.3, 0.4) is 0 Å². The van der Waals surface area contributed by atoms with Gasteiger partial charge in [0.25, 0.3) is 0 Å². The molecule has 0 spiro atoms. The molecule has 0 radical (unpaired) electrons. The van der Waals surface area contributed by atoms with Gasteiger partial charge in [-0.15, -0.1) is 0 Å². The number of hydrogen-bond donors (Lipinski definition) is 1. The molecule has 2 heterocycles. The summed E-state index contributed by atoms with van der Waals surface area (Å²) in [4.78, 5) is 23.4. The molecule has 1 saturated heterocycles. The molecule has 26 heavy (non-hydrogen) atoms. The summed E-state index contributed by atoms with van der Waals surface area (Å²) in [5, 5.41) is 12.5. The Bertz CT molecular complexity index is 844. The van der Waals surface area contributed by atoms with Crippen molar-refractivity contribution in [3.05, 3.63) is 30.1 Å². The topological polar surface area (TPSA) is 81.9 Å². The zero-order valence-corrected chi connectivity index (χ0v) is 15.6. The minimum atomic E-state index is 0.0299. The summed E-state index contributed by atoms with van der Waals surface area (Å²) in [7, 11) is 0. The molecule has 2 aromatic rings. The average Bonchev–Trinajstić information content (AvgIpc) is 2.65. The Morgan fingerprint density at radius 1 is 1.35 bits per heavy atom. The van der Waals surface area contributed by atoms with Crippen LogP contribution in [0.2, 0.25) is 0 Å². The first kappa shape index (κ1) is 18.1. The Balaban J connectivity index is 1.88. The Morgan fingerprint density at radius 2 is 2.08 bits per heavy atom. The lowest BCUT2D eigenvalue weighted by Gasteiger charge is -2.38. The normalized spacial score (nSPS) is 21.2. The SMILES string of the molecule is CC[C@H](C)C(=O)N[C@@H]1C[C@H](C)CN(c2ccc(C#N)c3nccnc23)C1. The van der Waals surface area contributed by atoms with E-state index >= 15 is 0 Å². The van der Waals surface area contributed by atoms with E-state index in [0.717, 1.165) is 37.1 Å². The Kier molecular flexibility index (Phi) is 5.36. The van der Waals surface area contributed by atoms with Gasteiger partial charge in [-0.2, -0.15) is 5.26 Å². The second kappa shape index (κ2) is 7.69. The number of carbonyl (C=O) groups excluding carboxylic acids is 1. The first-order chi connectivity index (χ1) is 12.5. The first-order valence-electron chi connectivity index (χ1n) is 9.22. The second-order valence-electron chi connectivity index (χ2n) is 7.26. The van der Waals surface area contributed by atoms with Crippen molar-refractivity contribution < 1.29 is 4.79 Å². The maximum Gasteiger partial charge on any atom is 0.223 e. The van der Waals surface area contributed by atoms with Gasteiger partial charge in [-0.05, 0) is 30.9 Å². The van der Waals surface area contributed by atoms with Crippen molar-refractivity contribution in [2.45, 2.75) is 39.7 Å². The van der Waals surface area contributed by atoms with E-state index in [1.807, 2.05) is 19.9 Å². The van der Waals surface area contributed by atoms with E-state index < -0.39 is 0 Å². The Labute approximate surface area is 154 Å². The van der Waals surface area contributed by atoms with Crippen molar-refractivity contribution in [1.82, 2.24) is 15.3 Å². The van der Waals surface area contributed by atoms with Crippen LogP contribution < -0.4 is 10.2 Å². The average molecular weight is 351 g/mol. The van der Waals surface area contributed by atoms with Gasteiger partial charge in [0.1, 0.15) is 17.1 Å². The lowest BCUT2D eigenvalue weighted by Crippen LogP contribution is -2.51. The summed E-state index contributed by atoms with van der Waals surface area (Å²) in [6, 6.07) is 6.05. The molecule has 1 aromatic carbocycles. The molecule has 0 bridgehead atoms. The van der Waals surface area contributed by atoms with Crippen molar-refractivity contribution in [2.75, 3.05) is 18.0 Å². The lowest BCUT2D eigenvalue weighted by molar-refractivity contribution is -0.125. The van der Waals surface area contributed by atoms with Crippen LogP contribution in [0.1, 0.15) is 39.2 Å². The molecular weight excluding hydrogens is 326 g/mol. The van der Waals surface area contributed by atoms with E-state index in [1.165, 1.54) is 0 Å². The number of rotatable bonds is 4. The maximum atomic E-state index is 12.3. The number of aromatic nitrogens is 2. The highest BCUT2D eigenvalue weighted by Gasteiger charge is 2.28. The van der Waals surface area contributed by atoms with Crippen LogP contribution in [0.4, 0.5) is 5.69 Å². The minimum Gasteiger partial charge on any atom is -0.367 e. The number of nitriles is 1. The number of hydrogen-bond acceptors (Lipinski definition) is 5. The predicted molar refractivity (Wildman–Crippen MR) is 102 cm³/mol. The molecular formula is C20H25N5O. The van der Waals surface area contributed by atoms with Crippen molar-refractivity contribution >= 4 is 22.6 Å². The number of nitrogens with one attached hydrogen (secondary N) is 1. The third-order valence-electron chi connectivity index (χ3n) is 5.13. The van der Waals surface area contributed by atoms with E-state index in [0.29, 0.717) is 17.0 Å². The van der Waals surface area contributed by atoms with Gasteiger partial charge in [0.05, 0.1) is 11.3 Å². The predicted octanol–water partition coefficient (Wildman–Crippen LogP) is 2.88. The molecule has 3 rings (SSSR count). The van der Waals surface area contributed by atoms with Crippen LogP contribution in [-0.2, 0) is 4.79 Å². The van der Waals surface area contributed by atoms with Gasteiger partial charge in [0, 0.05) is 37.4 Å². The van der Waals surface area contributed by atoms with Crippen LogP contribution in [0, 0.1) is 23.2 Å². The van der Waals surface area contributed by atoms with Crippen LogP contribution in [0.15, 0.2) is 24.5 Å². The zero-order valence-electron chi connectivity index (χ0n) is 15.6. The van der Waals surface area contributed by atoms with Crippen molar-refractivity contribution in [2.24, 2.45) is 11.8 Å². The molecule has 0 unspecified atom stereocenters. The van der Waals surface area contributed by atoms with Gasteiger partial charge in [-0.3, -0.25) is 14.8 Å². The highest BCUT2D eigenvalue weighted by atomic mass is 16.1. The van der Waals surface area contributed by atoms with Crippen LogP contribution in [0.25, 0.3) is 11.0 Å².